The summed E-state index contributed by atoms with van der Waals surface area (Å²) in [6.07, 6.45) is 0. The van der Waals surface area contributed by atoms with E-state index in [1.165, 1.54) is 0 Å². The number of nitrogen functional groups attached to an aromatic ring is 1. The summed E-state index contributed by atoms with van der Waals surface area (Å²) in [5.41, 5.74) is 9.42. The lowest BCUT2D eigenvalue weighted by atomic mass is 9.98. The molecule has 1 heterocycles. The van der Waals surface area contributed by atoms with E-state index in [0.717, 1.165) is 21.2 Å². The summed E-state index contributed by atoms with van der Waals surface area (Å²) >= 11 is 9.66. The fourth-order valence-electron chi connectivity index (χ4n) is 2.35. The molecule has 0 saturated heterocycles. The van der Waals surface area contributed by atoms with Crippen molar-refractivity contribution in [3.63, 3.8) is 0 Å². The largest absolute Gasteiger partial charge is 0.383 e. The summed E-state index contributed by atoms with van der Waals surface area (Å²) in [4.78, 5) is 4.34. The van der Waals surface area contributed by atoms with Crippen LogP contribution in [0.3, 0.4) is 0 Å². The van der Waals surface area contributed by atoms with Crippen LogP contribution >= 0.6 is 27.5 Å². The Morgan fingerprint density at radius 1 is 1.04 bits per heavy atom. The Bertz CT molecular complexity index is 915. The summed E-state index contributed by atoms with van der Waals surface area (Å²) < 4.78 is 0.966. The number of anilines is 1. The highest BCUT2D eigenvalue weighted by molar-refractivity contribution is 9.10. The van der Waals surface area contributed by atoms with Crippen LogP contribution in [0.5, 0.6) is 0 Å². The molecule has 0 radical (unpaired) electrons. The van der Waals surface area contributed by atoms with Crippen LogP contribution in [0, 0.1) is 11.3 Å². The molecule has 1 aromatic heterocycles. The summed E-state index contributed by atoms with van der Waals surface area (Å²) in [6.45, 7) is 0. The summed E-state index contributed by atoms with van der Waals surface area (Å²) in [5.74, 6) is 0.197. The van der Waals surface area contributed by atoms with Crippen molar-refractivity contribution in [3.8, 4) is 28.5 Å². The van der Waals surface area contributed by atoms with Gasteiger partial charge in [-0.15, -0.1) is 0 Å². The van der Waals surface area contributed by atoms with Gasteiger partial charge in [0, 0.05) is 20.6 Å². The second-order valence-corrected chi connectivity index (χ2v) is 6.24. The van der Waals surface area contributed by atoms with Crippen molar-refractivity contribution in [1.82, 2.24) is 4.98 Å². The monoisotopic (exact) mass is 383 g/mol. The molecule has 0 aliphatic carbocycles. The van der Waals surface area contributed by atoms with Crippen molar-refractivity contribution in [1.29, 1.82) is 5.26 Å². The van der Waals surface area contributed by atoms with E-state index in [9.17, 15) is 5.26 Å². The molecule has 0 saturated carbocycles. The number of rotatable bonds is 2. The molecule has 23 heavy (non-hydrogen) atoms. The molecular formula is C18H11BrClN3. The molecule has 0 amide bonds. The summed E-state index contributed by atoms with van der Waals surface area (Å²) in [5, 5.41) is 10.0. The lowest BCUT2D eigenvalue weighted by molar-refractivity contribution is 1.31. The number of aromatic nitrogens is 1. The van der Waals surface area contributed by atoms with Crippen molar-refractivity contribution in [2.24, 2.45) is 0 Å². The lowest BCUT2D eigenvalue weighted by Crippen LogP contribution is -2.00. The Morgan fingerprint density at radius 2 is 1.74 bits per heavy atom. The number of nitriles is 1. The third-order valence-electron chi connectivity index (χ3n) is 3.46. The minimum Gasteiger partial charge on any atom is -0.383 e. The predicted molar refractivity (Wildman–Crippen MR) is 96.9 cm³/mol. The fraction of sp³-hybridized carbons (Fsp3) is 0. The molecule has 0 spiro atoms. The molecule has 3 nitrogen and oxygen atoms in total. The van der Waals surface area contributed by atoms with Gasteiger partial charge in [-0.2, -0.15) is 5.26 Å². The van der Waals surface area contributed by atoms with Crippen LogP contribution in [0.25, 0.3) is 22.4 Å². The third-order valence-corrected chi connectivity index (χ3v) is 4.32. The van der Waals surface area contributed by atoms with E-state index in [4.69, 9.17) is 17.3 Å². The van der Waals surface area contributed by atoms with Gasteiger partial charge in [0.25, 0.3) is 0 Å². The number of benzene rings is 2. The zero-order valence-corrected chi connectivity index (χ0v) is 14.3. The number of nitrogens with zero attached hydrogens (tertiary/aromatic N) is 2. The van der Waals surface area contributed by atoms with Crippen LogP contribution < -0.4 is 5.73 Å². The van der Waals surface area contributed by atoms with Crippen molar-refractivity contribution in [2.75, 3.05) is 5.73 Å². The topological polar surface area (TPSA) is 62.7 Å². The highest BCUT2D eigenvalue weighted by atomic mass is 79.9. The van der Waals surface area contributed by atoms with Crippen LogP contribution in [0.1, 0.15) is 5.56 Å². The SMILES string of the molecule is N#Cc1c(-c2ccc(Br)cc2)cc(-c2ccccc2Cl)nc1N. The molecule has 0 bridgehead atoms. The average molecular weight is 385 g/mol. The Hall–Kier alpha value is -2.35. The number of halogens is 2. The van der Waals surface area contributed by atoms with Crippen LogP contribution in [0.2, 0.25) is 5.02 Å². The quantitative estimate of drug-likeness (QED) is 0.653. The van der Waals surface area contributed by atoms with E-state index < -0.39 is 0 Å². The van der Waals surface area contributed by atoms with Gasteiger partial charge in [-0.05, 0) is 29.8 Å². The van der Waals surface area contributed by atoms with Gasteiger partial charge in [0.15, 0.2) is 0 Å². The first-order valence-corrected chi connectivity index (χ1v) is 7.98. The van der Waals surface area contributed by atoms with Gasteiger partial charge >= 0.3 is 0 Å². The maximum Gasteiger partial charge on any atom is 0.142 e. The van der Waals surface area contributed by atoms with Crippen LogP contribution in [-0.4, -0.2) is 4.98 Å². The number of nitrogens with two attached hydrogens (primary N) is 1. The Kier molecular flexibility index (Phi) is 4.33. The first kappa shape index (κ1) is 15.5. The van der Waals surface area contributed by atoms with E-state index in [1.807, 2.05) is 48.5 Å². The highest BCUT2D eigenvalue weighted by Gasteiger charge is 2.14. The van der Waals surface area contributed by atoms with Crippen LogP contribution in [-0.2, 0) is 0 Å². The summed E-state index contributed by atoms with van der Waals surface area (Å²) in [7, 11) is 0. The molecule has 3 rings (SSSR count). The van der Waals surface area contributed by atoms with Gasteiger partial charge in [0.1, 0.15) is 17.5 Å². The molecule has 2 N–H and O–H groups in total. The molecule has 0 aliphatic heterocycles. The molecule has 2 aromatic carbocycles. The maximum atomic E-state index is 9.43. The third kappa shape index (κ3) is 3.07. The Labute approximate surface area is 147 Å². The highest BCUT2D eigenvalue weighted by Crippen LogP contribution is 2.34. The van der Waals surface area contributed by atoms with E-state index in [0.29, 0.717) is 16.3 Å². The number of hydrogen-bond donors (Lipinski definition) is 1. The van der Waals surface area contributed by atoms with Gasteiger partial charge < -0.3 is 5.73 Å². The van der Waals surface area contributed by atoms with Gasteiger partial charge in [-0.25, -0.2) is 4.98 Å². The van der Waals surface area contributed by atoms with Crippen LogP contribution in [0.4, 0.5) is 5.82 Å². The first-order chi connectivity index (χ1) is 11.1. The zero-order valence-electron chi connectivity index (χ0n) is 11.9. The minimum atomic E-state index is 0.197. The van der Waals surface area contributed by atoms with Gasteiger partial charge in [0.05, 0.1) is 5.69 Å². The van der Waals surface area contributed by atoms with Gasteiger partial charge in [-0.1, -0.05) is 57.9 Å². The smallest absolute Gasteiger partial charge is 0.142 e. The van der Waals surface area contributed by atoms with Gasteiger partial charge in [0.2, 0.25) is 0 Å². The molecule has 112 valence electrons. The molecular weight excluding hydrogens is 374 g/mol. The predicted octanol–water partition coefficient (Wildman–Crippen LogP) is 5.29. The maximum absolute atomic E-state index is 9.43. The lowest BCUT2D eigenvalue weighted by Gasteiger charge is -2.11. The zero-order chi connectivity index (χ0) is 16.4. The number of hydrogen-bond acceptors (Lipinski definition) is 3. The van der Waals surface area contributed by atoms with E-state index in [1.54, 1.807) is 6.07 Å². The Balaban J connectivity index is 2.25. The van der Waals surface area contributed by atoms with E-state index in [2.05, 4.69) is 27.0 Å². The normalized spacial score (nSPS) is 10.3. The van der Waals surface area contributed by atoms with Crippen molar-refractivity contribution >= 4 is 33.3 Å². The number of pyridine rings is 1. The van der Waals surface area contributed by atoms with E-state index in [-0.39, 0.29) is 5.82 Å². The van der Waals surface area contributed by atoms with Crippen molar-refractivity contribution < 1.29 is 0 Å². The minimum absolute atomic E-state index is 0.197. The molecule has 5 heteroatoms. The van der Waals surface area contributed by atoms with Crippen molar-refractivity contribution in [3.05, 3.63) is 69.7 Å². The van der Waals surface area contributed by atoms with Gasteiger partial charge in [-0.3, -0.25) is 0 Å². The molecule has 0 fully saturated rings. The van der Waals surface area contributed by atoms with E-state index >= 15 is 0 Å². The van der Waals surface area contributed by atoms with Crippen LogP contribution in [0.15, 0.2) is 59.1 Å². The standard InChI is InChI=1S/C18H11BrClN3/c19-12-7-5-11(6-8-12)14-9-17(23-18(22)15(14)10-21)13-3-1-2-4-16(13)20/h1-9H,(H2,22,23). The molecule has 3 aromatic rings. The first-order valence-electron chi connectivity index (χ1n) is 6.81. The average Bonchev–Trinajstić information content (AvgIpc) is 2.55. The summed E-state index contributed by atoms with van der Waals surface area (Å²) in [6, 6.07) is 19.1. The molecule has 0 atom stereocenters. The van der Waals surface area contributed by atoms with Crippen molar-refractivity contribution in [2.45, 2.75) is 0 Å². The Morgan fingerprint density at radius 3 is 2.39 bits per heavy atom. The molecule has 0 aliphatic rings. The fourth-order valence-corrected chi connectivity index (χ4v) is 2.84. The second kappa shape index (κ2) is 6.41. The molecule has 0 unspecified atom stereocenters. The second-order valence-electron chi connectivity index (χ2n) is 4.91.